The van der Waals surface area contributed by atoms with E-state index in [0.29, 0.717) is 0 Å². The Balaban J connectivity index is 4.95. The summed E-state index contributed by atoms with van der Waals surface area (Å²) in [4.78, 5) is 10.6. The molecule has 0 bridgehead atoms. The monoisotopic (exact) mass is 252 g/mol. The maximum Gasteiger partial charge on any atom is 0.321 e. The molecule has 1 unspecified atom stereocenters. The van der Waals surface area contributed by atoms with Gasteiger partial charge in [-0.15, -0.1) is 0 Å². The van der Waals surface area contributed by atoms with E-state index in [9.17, 15) is 13.2 Å². The largest absolute Gasteiger partial charge is 0.480 e. The lowest BCUT2D eigenvalue weighted by atomic mass is 10.3. The van der Waals surface area contributed by atoms with Gasteiger partial charge in [0.2, 0.25) is 0 Å². The third-order valence-electron chi connectivity index (χ3n) is 1.99. The van der Waals surface area contributed by atoms with E-state index in [1.807, 2.05) is 0 Å². The first-order valence-electron chi connectivity index (χ1n) is 5.13. The maximum atomic E-state index is 11.9. The molecule has 0 radical (unpaired) electrons. The van der Waals surface area contributed by atoms with Crippen LogP contribution in [0.4, 0.5) is 0 Å². The van der Waals surface area contributed by atoms with Crippen molar-refractivity contribution < 1.29 is 18.3 Å². The first kappa shape index (κ1) is 15.3. The van der Waals surface area contributed by atoms with E-state index >= 15 is 0 Å². The highest BCUT2D eigenvalue weighted by Gasteiger charge is 2.30. The Hall–Kier alpha value is -0.660. The molecule has 2 N–H and O–H groups in total. The van der Waals surface area contributed by atoms with Crippen LogP contribution in [0.25, 0.3) is 0 Å². The van der Waals surface area contributed by atoms with Crippen molar-refractivity contribution in [1.29, 1.82) is 0 Å². The maximum absolute atomic E-state index is 11.9. The topological polar surface area (TPSA) is 86.7 Å². The summed E-state index contributed by atoms with van der Waals surface area (Å²) in [7, 11) is -3.76. The Morgan fingerprint density at radius 3 is 1.75 bits per heavy atom. The number of aliphatic carboxylic acids is 1. The zero-order chi connectivity index (χ0) is 13.1. The predicted molar refractivity (Wildman–Crippen MR) is 61.3 cm³/mol. The fourth-order valence-electron chi connectivity index (χ4n) is 1.49. The molecule has 16 heavy (non-hydrogen) atoms. The molecule has 0 rings (SSSR count). The van der Waals surface area contributed by atoms with E-state index < -0.39 is 22.2 Å². The highest BCUT2D eigenvalue weighted by atomic mass is 32.2. The second-order valence-corrected chi connectivity index (χ2v) is 5.81. The molecule has 0 aliphatic rings. The number of carboxylic acids is 1. The van der Waals surface area contributed by atoms with Crippen LogP contribution >= 0.6 is 0 Å². The summed E-state index contributed by atoms with van der Waals surface area (Å²) in [6.07, 6.45) is 0. The van der Waals surface area contributed by atoms with Gasteiger partial charge >= 0.3 is 5.97 Å². The number of carboxylic acid groups (broad SMARTS) is 1. The van der Waals surface area contributed by atoms with Crippen molar-refractivity contribution in [3.8, 4) is 0 Å². The second-order valence-electron chi connectivity index (χ2n) is 4.20. The predicted octanol–water partition coefficient (Wildman–Crippen LogP) is 0.413. The van der Waals surface area contributed by atoms with Gasteiger partial charge in [0.15, 0.2) is 0 Å². The summed E-state index contributed by atoms with van der Waals surface area (Å²) < 4.78 is 27.1. The third-order valence-corrected chi connectivity index (χ3v) is 4.04. The lowest BCUT2D eigenvalue weighted by Gasteiger charge is -2.30. The lowest BCUT2D eigenvalue weighted by molar-refractivity contribution is -0.138. The Bertz CT molecular complexity index is 329. The molecule has 0 spiro atoms. The van der Waals surface area contributed by atoms with Crippen molar-refractivity contribution in [1.82, 2.24) is 9.03 Å². The minimum Gasteiger partial charge on any atom is -0.480 e. The van der Waals surface area contributed by atoms with Gasteiger partial charge in [-0.05, 0) is 34.6 Å². The van der Waals surface area contributed by atoms with Gasteiger partial charge in [0.05, 0.1) is 0 Å². The van der Waals surface area contributed by atoms with Crippen molar-refractivity contribution in [2.24, 2.45) is 0 Å². The minimum absolute atomic E-state index is 0.224. The van der Waals surface area contributed by atoms with Crippen LogP contribution in [0.3, 0.4) is 0 Å². The van der Waals surface area contributed by atoms with Crippen molar-refractivity contribution in [2.45, 2.75) is 52.7 Å². The molecule has 0 amide bonds. The van der Waals surface area contributed by atoms with Crippen LogP contribution in [-0.4, -0.2) is 41.9 Å². The summed E-state index contributed by atoms with van der Waals surface area (Å²) in [5.41, 5.74) is 0. The zero-order valence-corrected chi connectivity index (χ0v) is 11.1. The second kappa shape index (κ2) is 5.60. The Morgan fingerprint density at radius 2 is 1.50 bits per heavy atom. The van der Waals surface area contributed by atoms with Gasteiger partial charge in [0.1, 0.15) is 6.04 Å². The highest BCUT2D eigenvalue weighted by molar-refractivity contribution is 7.87. The van der Waals surface area contributed by atoms with Crippen molar-refractivity contribution in [3.05, 3.63) is 0 Å². The molecule has 1 atom stereocenters. The zero-order valence-electron chi connectivity index (χ0n) is 10.3. The van der Waals surface area contributed by atoms with Gasteiger partial charge in [-0.1, -0.05) is 0 Å². The molecule has 0 aliphatic heterocycles. The number of nitrogens with zero attached hydrogens (tertiary/aromatic N) is 1. The molecular formula is C9H20N2O4S. The van der Waals surface area contributed by atoms with Crippen LogP contribution < -0.4 is 4.72 Å². The van der Waals surface area contributed by atoms with E-state index in [4.69, 9.17) is 5.11 Å². The van der Waals surface area contributed by atoms with Crippen LogP contribution in [-0.2, 0) is 15.0 Å². The first-order chi connectivity index (χ1) is 7.09. The number of hydrogen-bond acceptors (Lipinski definition) is 3. The van der Waals surface area contributed by atoms with Crippen LogP contribution in [0.5, 0.6) is 0 Å². The lowest BCUT2D eigenvalue weighted by Crippen LogP contribution is -2.51. The van der Waals surface area contributed by atoms with E-state index in [1.165, 1.54) is 11.2 Å². The van der Waals surface area contributed by atoms with Crippen LogP contribution in [0.2, 0.25) is 0 Å². The summed E-state index contributed by atoms with van der Waals surface area (Å²) in [5, 5.41) is 8.66. The quantitative estimate of drug-likeness (QED) is 0.717. The molecule has 0 aromatic rings. The Morgan fingerprint density at radius 1 is 1.12 bits per heavy atom. The van der Waals surface area contributed by atoms with E-state index in [-0.39, 0.29) is 12.1 Å². The van der Waals surface area contributed by atoms with Crippen molar-refractivity contribution >= 4 is 16.2 Å². The average molecular weight is 252 g/mol. The first-order valence-corrected chi connectivity index (χ1v) is 6.57. The van der Waals surface area contributed by atoms with Gasteiger partial charge in [-0.2, -0.15) is 17.4 Å². The normalized spacial score (nSPS) is 14.8. The van der Waals surface area contributed by atoms with E-state index in [2.05, 4.69) is 4.72 Å². The molecule has 0 saturated heterocycles. The number of carbonyl (C=O) groups is 1. The van der Waals surface area contributed by atoms with E-state index in [0.717, 1.165) is 0 Å². The number of nitrogens with one attached hydrogen (secondary N) is 1. The van der Waals surface area contributed by atoms with Gasteiger partial charge in [-0.3, -0.25) is 4.79 Å². The smallest absolute Gasteiger partial charge is 0.321 e. The summed E-state index contributed by atoms with van der Waals surface area (Å²) in [6.45, 7) is 8.25. The molecule has 7 heteroatoms. The van der Waals surface area contributed by atoms with Crippen LogP contribution in [0.15, 0.2) is 0 Å². The van der Waals surface area contributed by atoms with E-state index in [1.54, 1.807) is 27.7 Å². The molecule has 96 valence electrons. The van der Waals surface area contributed by atoms with Crippen molar-refractivity contribution in [2.75, 3.05) is 0 Å². The highest BCUT2D eigenvalue weighted by Crippen LogP contribution is 2.10. The standard InChI is InChI=1S/C9H20N2O4S/c1-6(2)11(7(3)4)16(14,15)10-8(5)9(12)13/h6-8,10H,1-5H3,(H,12,13). The van der Waals surface area contributed by atoms with Gasteiger partial charge in [0.25, 0.3) is 10.2 Å². The molecule has 0 aromatic heterocycles. The molecule has 0 aliphatic carbocycles. The summed E-state index contributed by atoms with van der Waals surface area (Å²) in [6, 6.07) is -1.58. The number of rotatable bonds is 6. The summed E-state index contributed by atoms with van der Waals surface area (Å²) in [5.74, 6) is -1.20. The Kier molecular flexibility index (Phi) is 5.37. The van der Waals surface area contributed by atoms with Crippen molar-refractivity contribution in [3.63, 3.8) is 0 Å². The molecule has 0 aromatic carbocycles. The average Bonchev–Trinajstić information content (AvgIpc) is 1.99. The van der Waals surface area contributed by atoms with Crippen LogP contribution in [0.1, 0.15) is 34.6 Å². The molecule has 0 fully saturated rings. The Labute approximate surface area is 96.8 Å². The third kappa shape index (κ3) is 4.07. The van der Waals surface area contributed by atoms with Gasteiger partial charge < -0.3 is 5.11 Å². The number of hydrogen-bond donors (Lipinski definition) is 2. The molecule has 0 saturated carbocycles. The van der Waals surface area contributed by atoms with Gasteiger partial charge in [0, 0.05) is 12.1 Å². The molecule has 0 heterocycles. The SMILES string of the molecule is CC(NS(=O)(=O)N(C(C)C)C(C)C)C(=O)O. The van der Waals surface area contributed by atoms with Crippen LogP contribution in [0, 0.1) is 0 Å². The molecule has 6 nitrogen and oxygen atoms in total. The summed E-state index contributed by atoms with van der Waals surface area (Å²) >= 11 is 0. The minimum atomic E-state index is -3.76. The van der Waals surface area contributed by atoms with Gasteiger partial charge in [-0.25, -0.2) is 0 Å². The fourth-order valence-corrected chi connectivity index (χ4v) is 3.27. The fraction of sp³-hybridized carbons (Fsp3) is 0.889. The molecular weight excluding hydrogens is 232 g/mol.